The lowest BCUT2D eigenvalue weighted by molar-refractivity contribution is -0.176. The van der Waals surface area contributed by atoms with E-state index in [0.717, 1.165) is 49.3 Å². The van der Waals surface area contributed by atoms with E-state index in [1.807, 2.05) is 25.1 Å². The number of hydrogen-bond donors (Lipinski definition) is 2. The summed E-state index contributed by atoms with van der Waals surface area (Å²) in [6.45, 7) is 7.55. The van der Waals surface area contributed by atoms with E-state index in [1.165, 1.54) is 0 Å². The maximum Gasteiger partial charge on any atom is 0.329 e. The standard InChI is InChI=1S/C28H33ClN6O4/c1-18-15-19(9-11-30-18)25-21(29)16-22-26(33-25)35(20-10-12-34(22)17-20)27(36)32-23-7-6-8-24(31-23)38-13-4-5-14-39-28(2,3)37/h6-9,11,15-16,20,37H,4-5,10,12-14,17H2,1-3H3,(H,31,32,36)/t20-/m0/s1. The number of ether oxygens (including phenoxy) is 2. The third kappa shape index (κ3) is 6.41. The Morgan fingerprint density at radius 1 is 1.21 bits per heavy atom. The smallest absolute Gasteiger partial charge is 0.329 e. The number of rotatable bonds is 9. The van der Waals surface area contributed by atoms with E-state index < -0.39 is 5.79 Å². The third-order valence-corrected chi connectivity index (χ3v) is 6.91. The molecule has 2 aliphatic rings. The molecule has 2 amide bonds. The zero-order valence-corrected chi connectivity index (χ0v) is 23.1. The molecule has 0 spiro atoms. The normalized spacial score (nSPS) is 16.3. The average molecular weight is 553 g/mol. The van der Waals surface area contributed by atoms with Crippen LogP contribution in [0.3, 0.4) is 0 Å². The van der Waals surface area contributed by atoms with Gasteiger partial charge in [-0.15, -0.1) is 0 Å². The van der Waals surface area contributed by atoms with Crippen LogP contribution in [-0.2, 0) is 4.74 Å². The van der Waals surface area contributed by atoms with Gasteiger partial charge in [-0.2, -0.15) is 4.98 Å². The van der Waals surface area contributed by atoms with E-state index in [0.29, 0.717) is 41.4 Å². The molecule has 0 radical (unpaired) electrons. The molecule has 206 valence electrons. The first-order valence-electron chi connectivity index (χ1n) is 13.1. The molecule has 2 N–H and O–H groups in total. The van der Waals surface area contributed by atoms with Crippen molar-refractivity contribution in [3.8, 4) is 17.1 Å². The Kier molecular flexibility index (Phi) is 7.88. The fourth-order valence-corrected chi connectivity index (χ4v) is 5.07. The molecular weight excluding hydrogens is 520 g/mol. The summed E-state index contributed by atoms with van der Waals surface area (Å²) in [7, 11) is 0. The van der Waals surface area contributed by atoms with Gasteiger partial charge in [0.25, 0.3) is 0 Å². The lowest BCUT2D eigenvalue weighted by atomic mass is 10.1. The van der Waals surface area contributed by atoms with Gasteiger partial charge in [0.05, 0.1) is 35.7 Å². The van der Waals surface area contributed by atoms with E-state index in [4.69, 9.17) is 26.1 Å². The number of aromatic nitrogens is 3. The molecule has 5 rings (SSSR count). The number of fused-ring (bicyclic) bond motifs is 4. The van der Waals surface area contributed by atoms with Gasteiger partial charge in [0.15, 0.2) is 11.6 Å². The van der Waals surface area contributed by atoms with E-state index >= 15 is 0 Å². The molecule has 3 aromatic rings. The first-order chi connectivity index (χ1) is 18.7. The van der Waals surface area contributed by atoms with Crippen molar-refractivity contribution >= 4 is 35.0 Å². The molecule has 3 aromatic heterocycles. The van der Waals surface area contributed by atoms with Crippen molar-refractivity contribution in [1.82, 2.24) is 15.0 Å². The number of anilines is 3. The van der Waals surface area contributed by atoms with Crippen molar-refractivity contribution in [2.75, 3.05) is 41.4 Å². The minimum atomic E-state index is -1.14. The second-order valence-electron chi connectivity index (χ2n) is 10.2. The molecule has 11 heteroatoms. The maximum absolute atomic E-state index is 13.6. The van der Waals surface area contributed by atoms with Crippen LogP contribution in [0.1, 0.15) is 38.8 Å². The lowest BCUT2D eigenvalue weighted by Crippen LogP contribution is -2.48. The average Bonchev–Trinajstić information content (AvgIpc) is 3.30. The SMILES string of the molecule is Cc1cc(-c2nc3c(cc2Cl)N2CC[C@@H](C2)N3C(=O)Nc2cccc(OCCCCOC(C)(C)O)n2)ccn1. The van der Waals surface area contributed by atoms with Crippen LogP contribution < -0.4 is 19.9 Å². The number of hydrogen-bond acceptors (Lipinski definition) is 8. The van der Waals surface area contributed by atoms with Crippen LogP contribution in [0.4, 0.5) is 22.1 Å². The molecule has 1 saturated heterocycles. The van der Waals surface area contributed by atoms with Crippen LogP contribution in [0, 0.1) is 6.92 Å². The van der Waals surface area contributed by atoms with Crippen molar-refractivity contribution < 1.29 is 19.4 Å². The highest BCUT2D eigenvalue weighted by atomic mass is 35.5. The first-order valence-corrected chi connectivity index (χ1v) is 13.5. The number of aliphatic hydroxyl groups is 1. The summed E-state index contributed by atoms with van der Waals surface area (Å²) in [6.07, 6.45) is 4.04. The monoisotopic (exact) mass is 552 g/mol. The number of urea groups is 1. The quantitative estimate of drug-likeness (QED) is 0.280. The van der Waals surface area contributed by atoms with Crippen LogP contribution >= 0.6 is 11.6 Å². The Labute approximate surface area is 232 Å². The summed E-state index contributed by atoms with van der Waals surface area (Å²) < 4.78 is 11.1. The molecule has 0 aromatic carbocycles. The Balaban J connectivity index is 1.30. The fraction of sp³-hybridized carbons (Fsp3) is 0.429. The number of pyridine rings is 3. The Bertz CT molecular complexity index is 1350. The molecule has 0 saturated carbocycles. The Morgan fingerprint density at radius 2 is 2.03 bits per heavy atom. The molecule has 5 heterocycles. The number of carbonyl (C=O) groups excluding carboxylic acids is 1. The number of amides is 2. The van der Waals surface area contributed by atoms with Gasteiger partial charge in [0.2, 0.25) is 5.88 Å². The van der Waals surface area contributed by atoms with E-state index in [1.54, 1.807) is 43.1 Å². The number of unbranched alkanes of at least 4 members (excludes halogenated alkanes) is 1. The molecule has 1 atom stereocenters. The minimum Gasteiger partial charge on any atom is -0.478 e. The molecule has 2 bridgehead atoms. The summed E-state index contributed by atoms with van der Waals surface area (Å²) in [5.41, 5.74) is 3.17. The fourth-order valence-electron chi connectivity index (χ4n) is 4.82. The van der Waals surface area contributed by atoms with Gasteiger partial charge in [-0.3, -0.25) is 15.2 Å². The number of aryl methyl sites for hydroxylation is 1. The second kappa shape index (κ2) is 11.3. The zero-order chi connectivity index (χ0) is 27.6. The highest BCUT2D eigenvalue weighted by molar-refractivity contribution is 6.33. The van der Waals surface area contributed by atoms with Crippen molar-refractivity contribution in [3.63, 3.8) is 0 Å². The summed E-state index contributed by atoms with van der Waals surface area (Å²) >= 11 is 6.68. The van der Waals surface area contributed by atoms with Crippen LogP contribution in [0.2, 0.25) is 5.02 Å². The highest BCUT2D eigenvalue weighted by Crippen LogP contribution is 2.43. The molecule has 0 aliphatic carbocycles. The van der Waals surface area contributed by atoms with Crippen molar-refractivity contribution in [2.24, 2.45) is 0 Å². The predicted molar refractivity (Wildman–Crippen MR) is 151 cm³/mol. The van der Waals surface area contributed by atoms with Gasteiger partial charge in [0, 0.05) is 36.6 Å². The topological polar surface area (TPSA) is 113 Å². The molecule has 10 nitrogen and oxygen atoms in total. The van der Waals surface area contributed by atoms with E-state index in [2.05, 4.69) is 20.2 Å². The molecule has 2 aliphatic heterocycles. The summed E-state index contributed by atoms with van der Waals surface area (Å²) in [6, 6.07) is 10.7. The largest absolute Gasteiger partial charge is 0.478 e. The van der Waals surface area contributed by atoms with Gasteiger partial charge in [-0.25, -0.2) is 9.78 Å². The van der Waals surface area contributed by atoms with Gasteiger partial charge in [-0.1, -0.05) is 17.7 Å². The van der Waals surface area contributed by atoms with Crippen LogP contribution in [-0.4, -0.2) is 64.2 Å². The van der Waals surface area contributed by atoms with Crippen LogP contribution in [0.5, 0.6) is 5.88 Å². The van der Waals surface area contributed by atoms with Crippen molar-refractivity contribution in [3.05, 3.63) is 53.3 Å². The highest BCUT2D eigenvalue weighted by Gasteiger charge is 2.41. The Morgan fingerprint density at radius 3 is 2.82 bits per heavy atom. The summed E-state index contributed by atoms with van der Waals surface area (Å²) in [5.74, 6) is 0.254. The Hall–Kier alpha value is -3.47. The zero-order valence-electron chi connectivity index (χ0n) is 22.4. The van der Waals surface area contributed by atoms with Crippen LogP contribution in [0.25, 0.3) is 11.3 Å². The van der Waals surface area contributed by atoms with E-state index in [-0.39, 0.29) is 12.1 Å². The van der Waals surface area contributed by atoms with Gasteiger partial charge >= 0.3 is 6.03 Å². The molecule has 0 unspecified atom stereocenters. The van der Waals surface area contributed by atoms with Gasteiger partial charge in [0.1, 0.15) is 5.82 Å². The molecular formula is C28H33ClN6O4. The van der Waals surface area contributed by atoms with Crippen LogP contribution in [0.15, 0.2) is 42.6 Å². The predicted octanol–water partition coefficient (Wildman–Crippen LogP) is 5.04. The summed E-state index contributed by atoms with van der Waals surface area (Å²) in [5, 5.41) is 13.1. The number of carbonyl (C=O) groups is 1. The first kappa shape index (κ1) is 27.1. The van der Waals surface area contributed by atoms with Crippen molar-refractivity contribution in [2.45, 2.75) is 51.9 Å². The molecule has 39 heavy (non-hydrogen) atoms. The maximum atomic E-state index is 13.6. The lowest BCUT2D eigenvalue weighted by Gasteiger charge is -2.36. The van der Waals surface area contributed by atoms with E-state index in [9.17, 15) is 9.90 Å². The van der Waals surface area contributed by atoms with Crippen molar-refractivity contribution in [1.29, 1.82) is 0 Å². The third-order valence-electron chi connectivity index (χ3n) is 6.63. The number of halogens is 1. The minimum absolute atomic E-state index is 0.0104. The summed E-state index contributed by atoms with van der Waals surface area (Å²) in [4.78, 5) is 31.2. The van der Waals surface area contributed by atoms with Gasteiger partial charge in [-0.05, 0) is 64.3 Å². The number of nitrogens with zero attached hydrogens (tertiary/aromatic N) is 5. The number of nitrogens with one attached hydrogen (secondary N) is 1. The molecule has 1 fully saturated rings. The van der Waals surface area contributed by atoms with Gasteiger partial charge < -0.3 is 19.5 Å². The second-order valence-corrected chi connectivity index (χ2v) is 10.7.